The Bertz CT molecular complexity index is 448. The molecule has 0 aliphatic carbocycles. The van der Waals surface area contributed by atoms with Crippen LogP contribution in [0.3, 0.4) is 0 Å². The number of hydrogen-bond acceptors (Lipinski definition) is 3. The standard InChI is InChI=1S/C15H21NO3S/c1-11(2)8-12(10-20)15(19)16(9-14(17)18)13-6-4-3-5-7-13/h3-7,11-12,20H,8-10H2,1-2H3,(H,17,18). The first-order valence-corrected chi connectivity index (χ1v) is 7.28. The average Bonchev–Trinajstić information content (AvgIpc) is 2.42. The first-order valence-electron chi connectivity index (χ1n) is 6.64. The third-order valence-corrected chi connectivity index (χ3v) is 3.39. The quantitative estimate of drug-likeness (QED) is 0.760. The lowest BCUT2D eigenvalue weighted by molar-refractivity contribution is -0.137. The highest BCUT2D eigenvalue weighted by atomic mass is 32.1. The molecule has 0 fully saturated rings. The monoisotopic (exact) mass is 295 g/mol. The van der Waals surface area contributed by atoms with Crippen molar-refractivity contribution in [3.63, 3.8) is 0 Å². The van der Waals surface area contributed by atoms with E-state index in [1.165, 1.54) is 4.90 Å². The summed E-state index contributed by atoms with van der Waals surface area (Å²) in [6.45, 7) is 3.74. The SMILES string of the molecule is CC(C)CC(CS)C(=O)N(CC(=O)O)c1ccccc1. The Morgan fingerprint density at radius 3 is 2.30 bits per heavy atom. The van der Waals surface area contributed by atoms with Crippen LogP contribution in [0.1, 0.15) is 20.3 Å². The minimum absolute atomic E-state index is 0.178. The molecule has 1 unspecified atom stereocenters. The molecule has 0 aliphatic rings. The molecule has 4 nitrogen and oxygen atoms in total. The number of aliphatic carboxylic acids is 1. The summed E-state index contributed by atoms with van der Waals surface area (Å²) in [5.74, 6) is -0.691. The van der Waals surface area contributed by atoms with Crippen LogP contribution in [0.5, 0.6) is 0 Å². The highest BCUT2D eigenvalue weighted by Gasteiger charge is 2.26. The van der Waals surface area contributed by atoms with Crippen LogP contribution in [0.15, 0.2) is 30.3 Å². The van der Waals surface area contributed by atoms with Gasteiger partial charge in [0.2, 0.25) is 5.91 Å². The molecule has 1 aromatic rings. The zero-order valence-corrected chi connectivity index (χ0v) is 12.7. The van der Waals surface area contributed by atoms with Crippen LogP contribution in [0.2, 0.25) is 0 Å². The number of nitrogens with zero attached hydrogens (tertiary/aromatic N) is 1. The zero-order valence-electron chi connectivity index (χ0n) is 11.8. The molecule has 0 radical (unpaired) electrons. The fourth-order valence-corrected chi connectivity index (χ4v) is 2.39. The number of benzene rings is 1. The summed E-state index contributed by atoms with van der Waals surface area (Å²) in [7, 11) is 0. The molecule has 0 saturated carbocycles. The van der Waals surface area contributed by atoms with E-state index < -0.39 is 5.97 Å². The second-order valence-corrected chi connectivity index (χ2v) is 5.53. The van der Waals surface area contributed by atoms with E-state index in [1.807, 2.05) is 19.9 Å². The molecule has 0 saturated heterocycles. The predicted octanol–water partition coefficient (Wildman–Crippen LogP) is 2.70. The number of carbonyl (C=O) groups excluding carboxylic acids is 1. The molecular weight excluding hydrogens is 274 g/mol. The van der Waals surface area contributed by atoms with Crippen LogP contribution in [0.25, 0.3) is 0 Å². The van der Waals surface area contributed by atoms with Gasteiger partial charge in [-0.25, -0.2) is 0 Å². The Morgan fingerprint density at radius 1 is 1.25 bits per heavy atom. The smallest absolute Gasteiger partial charge is 0.323 e. The molecule has 0 aromatic heterocycles. The molecule has 1 amide bonds. The van der Waals surface area contributed by atoms with Crippen LogP contribution in [-0.4, -0.2) is 29.3 Å². The van der Waals surface area contributed by atoms with Gasteiger partial charge in [-0.3, -0.25) is 9.59 Å². The van der Waals surface area contributed by atoms with Crippen LogP contribution in [0, 0.1) is 11.8 Å². The van der Waals surface area contributed by atoms with E-state index in [9.17, 15) is 9.59 Å². The van der Waals surface area contributed by atoms with Crippen molar-refractivity contribution in [1.82, 2.24) is 0 Å². The maximum atomic E-state index is 12.6. The summed E-state index contributed by atoms with van der Waals surface area (Å²) in [4.78, 5) is 24.9. The van der Waals surface area contributed by atoms with Gasteiger partial charge in [-0.1, -0.05) is 32.0 Å². The first kappa shape index (κ1) is 16.6. The second kappa shape index (κ2) is 7.94. The Balaban J connectivity index is 2.98. The minimum atomic E-state index is -1.02. The summed E-state index contributed by atoms with van der Waals surface area (Å²) in [5.41, 5.74) is 0.607. The molecule has 0 bridgehead atoms. The van der Waals surface area contributed by atoms with Crippen LogP contribution in [-0.2, 0) is 9.59 Å². The molecule has 0 aliphatic heterocycles. The van der Waals surface area contributed by atoms with Gasteiger partial charge in [0.15, 0.2) is 0 Å². The average molecular weight is 295 g/mol. The van der Waals surface area contributed by atoms with Crippen molar-refractivity contribution in [3.8, 4) is 0 Å². The van der Waals surface area contributed by atoms with Gasteiger partial charge in [-0.15, -0.1) is 0 Å². The number of para-hydroxylation sites is 1. The lowest BCUT2D eigenvalue weighted by atomic mass is 9.97. The molecule has 1 N–H and O–H groups in total. The fourth-order valence-electron chi connectivity index (χ4n) is 2.08. The number of anilines is 1. The number of hydrogen-bond donors (Lipinski definition) is 2. The number of thiol groups is 1. The van der Waals surface area contributed by atoms with Gasteiger partial charge in [0, 0.05) is 17.4 Å². The Labute approximate surface area is 125 Å². The van der Waals surface area contributed by atoms with Crippen LogP contribution >= 0.6 is 12.6 Å². The molecule has 0 heterocycles. The first-order chi connectivity index (χ1) is 9.45. The van der Waals surface area contributed by atoms with Crippen molar-refractivity contribution < 1.29 is 14.7 Å². The Kier molecular flexibility index (Phi) is 6.58. The largest absolute Gasteiger partial charge is 0.480 e. The van der Waals surface area contributed by atoms with Gasteiger partial charge in [-0.2, -0.15) is 12.6 Å². The molecule has 1 aromatic carbocycles. The molecular formula is C15H21NO3S. The number of carboxylic acid groups (broad SMARTS) is 1. The second-order valence-electron chi connectivity index (χ2n) is 5.16. The van der Waals surface area contributed by atoms with Crippen LogP contribution in [0.4, 0.5) is 5.69 Å². The molecule has 0 spiro atoms. The van der Waals surface area contributed by atoms with Crippen molar-refractivity contribution in [1.29, 1.82) is 0 Å². The molecule has 110 valence electrons. The summed E-state index contributed by atoms with van der Waals surface area (Å²) >= 11 is 4.23. The van der Waals surface area contributed by atoms with E-state index in [2.05, 4.69) is 12.6 Å². The number of carboxylic acids is 1. The predicted molar refractivity (Wildman–Crippen MR) is 83.2 cm³/mol. The zero-order chi connectivity index (χ0) is 15.1. The van der Waals surface area contributed by atoms with Gasteiger partial charge in [0.1, 0.15) is 6.54 Å². The maximum Gasteiger partial charge on any atom is 0.323 e. The molecule has 1 atom stereocenters. The lowest BCUT2D eigenvalue weighted by Gasteiger charge is -2.26. The summed E-state index contributed by atoms with van der Waals surface area (Å²) in [6.07, 6.45) is 0.700. The third-order valence-electron chi connectivity index (χ3n) is 2.95. The van der Waals surface area contributed by atoms with Gasteiger partial charge in [0.25, 0.3) is 0 Å². The highest BCUT2D eigenvalue weighted by molar-refractivity contribution is 7.80. The van der Waals surface area contributed by atoms with Gasteiger partial charge >= 0.3 is 5.97 Å². The normalized spacial score (nSPS) is 12.2. The van der Waals surface area contributed by atoms with E-state index in [1.54, 1.807) is 24.3 Å². The summed E-state index contributed by atoms with van der Waals surface area (Å²) in [5, 5.41) is 9.02. The van der Waals surface area contributed by atoms with Crippen molar-refractivity contribution in [2.75, 3.05) is 17.2 Å². The third kappa shape index (κ3) is 4.89. The fraction of sp³-hybridized carbons (Fsp3) is 0.467. The number of carbonyl (C=O) groups is 2. The van der Waals surface area contributed by atoms with Crippen molar-refractivity contribution in [2.24, 2.45) is 11.8 Å². The maximum absolute atomic E-state index is 12.6. The Hall–Kier alpha value is -1.49. The molecule has 5 heteroatoms. The van der Waals surface area contributed by atoms with Crippen LogP contribution < -0.4 is 4.90 Å². The van der Waals surface area contributed by atoms with E-state index in [0.717, 1.165) is 0 Å². The molecule has 20 heavy (non-hydrogen) atoms. The summed E-state index contributed by atoms with van der Waals surface area (Å²) < 4.78 is 0. The van der Waals surface area contributed by atoms with Crippen molar-refractivity contribution >= 4 is 30.2 Å². The van der Waals surface area contributed by atoms with E-state index in [0.29, 0.717) is 23.8 Å². The Morgan fingerprint density at radius 2 is 1.85 bits per heavy atom. The molecule has 1 rings (SSSR count). The van der Waals surface area contributed by atoms with E-state index in [-0.39, 0.29) is 18.4 Å². The van der Waals surface area contributed by atoms with Crippen molar-refractivity contribution in [2.45, 2.75) is 20.3 Å². The van der Waals surface area contributed by atoms with Gasteiger partial charge < -0.3 is 10.0 Å². The van der Waals surface area contributed by atoms with Gasteiger partial charge in [-0.05, 0) is 24.5 Å². The lowest BCUT2D eigenvalue weighted by Crippen LogP contribution is -2.40. The van der Waals surface area contributed by atoms with E-state index in [4.69, 9.17) is 5.11 Å². The number of amides is 1. The van der Waals surface area contributed by atoms with Crippen molar-refractivity contribution in [3.05, 3.63) is 30.3 Å². The van der Waals surface area contributed by atoms with E-state index >= 15 is 0 Å². The summed E-state index contributed by atoms with van der Waals surface area (Å²) in [6, 6.07) is 8.89. The van der Waals surface area contributed by atoms with Gasteiger partial charge in [0.05, 0.1) is 0 Å². The topological polar surface area (TPSA) is 57.6 Å². The minimum Gasteiger partial charge on any atom is -0.480 e. The highest BCUT2D eigenvalue weighted by Crippen LogP contribution is 2.21. The number of rotatable bonds is 7.